The average molecular weight is 188 g/mol. The van der Waals surface area contributed by atoms with Crippen molar-refractivity contribution in [3.05, 3.63) is 0 Å². The molecule has 0 radical (unpaired) electrons. The zero-order valence-electron chi connectivity index (χ0n) is 4.62. The molecule has 0 aliphatic heterocycles. The van der Waals surface area contributed by atoms with Crippen LogP contribution in [0.2, 0.25) is 0 Å². The summed E-state index contributed by atoms with van der Waals surface area (Å²) in [6.45, 7) is 2.06. The molecule has 50 valence electrons. The monoisotopic (exact) mass is 188 g/mol. The lowest BCUT2D eigenvalue weighted by molar-refractivity contribution is 0.631. The minimum atomic E-state index is 1.03. The largest absolute Gasteiger partial charge is 0.271 e. The van der Waals surface area contributed by atoms with E-state index in [2.05, 4.69) is 37.6 Å². The molecule has 0 amide bonds. The van der Waals surface area contributed by atoms with Crippen molar-refractivity contribution in [2.45, 2.75) is 0 Å². The van der Waals surface area contributed by atoms with Crippen LogP contribution < -0.4 is 0 Å². The van der Waals surface area contributed by atoms with Gasteiger partial charge >= 0.3 is 0 Å². The van der Waals surface area contributed by atoms with Gasteiger partial charge in [-0.2, -0.15) is 0 Å². The Labute approximate surface area is 60.2 Å². The highest BCUT2D eigenvalue weighted by Gasteiger charge is 1.90. The van der Waals surface area contributed by atoms with E-state index in [1.54, 1.807) is 0 Å². The first-order valence-corrected chi connectivity index (χ1v) is 4.23. The van der Waals surface area contributed by atoms with Gasteiger partial charge in [-0.05, 0) is 0 Å². The van der Waals surface area contributed by atoms with E-state index in [0.29, 0.717) is 0 Å². The zero-order chi connectivity index (χ0) is 6.57. The molecule has 0 saturated carbocycles. The van der Waals surface area contributed by atoms with Crippen molar-refractivity contribution in [2.75, 3.05) is 13.1 Å². The van der Waals surface area contributed by atoms with Crippen molar-refractivity contribution >= 4 is 37.6 Å². The maximum absolute atomic E-state index is 2.57. The van der Waals surface area contributed by atoms with Crippen LogP contribution >= 0.6 is 37.6 Å². The summed E-state index contributed by atoms with van der Waals surface area (Å²) in [6.07, 6.45) is 0. The Hall–Kier alpha value is 1.64. The van der Waals surface area contributed by atoms with E-state index in [0.717, 1.165) is 13.1 Å². The summed E-state index contributed by atoms with van der Waals surface area (Å²) in [7, 11) is 10.3. The standard InChI is InChI=1S/C2H12N2P4/c5-3(6)1-2-4(7)8/h1-2,5-8H2. The summed E-state index contributed by atoms with van der Waals surface area (Å²) in [6, 6.07) is 0. The lowest BCUT2D eigenvalue weighted by Gasteiger charge is -2.12. The van der Waals surface area contributed by atoms with Gasteiger partial charge < -0.3 is 0 Å². The van der Waals surface area contributed by atoms with Gasteiger partial charge in [0.25, 0.3) is 0 Å². The van der Waals surface area contributed by atoms with Gasteiger partial charge in [-0.1, -0.05) is 37.6 Å². The highest BCUT2D eigenvalue weighted by Crippen LogP contribution is 2.09. The van der Waals surface area contributed by atoms with Crippen LogP contribution in [-0.4, -0.2) is 22.0 Å². The Morgan fingerprint density at radius 2 is 1.00 bits per heavy atom. The molecule has 0 aromatic rings. The van der Waals surface area contributed by atoms with Crippen LogP contribution in [0.15, 0.2) is 0 Å². The summed E-state index contributed by atoms with van der Waals surface area (Å²) >= 11 is 0. The lowest BCUT2D eigenvalue weighted by Crippen LogP contribution is -2.10. The molecule has 0 bridgehead atoms. The maximum atomic E-state index is 2.57. The third-order valence-corrected chi connectivity index (χ3v) is 1.65. The molecule has 6 heteroatoms. The van der Waals surface area contributed by atoms with Crippen molar-refractivity contribution < 1.29 is 0 Å². The van der Waals surface area contributed by atoms with Gasteiger partial charge in [0, 0.05) is 13.1 Å². The zero-order valence-corrected chi connectivity index (χ0v) is 9.24. The Bertz CT molecular complexity index is 48.0. The van der Waals surface area contributed by atoms with Gasteiger partial charge in [-0.25, -0.2) is 0 Å². The summed E-state index contributed by atoms with van der Waals surface area (Å²) in [4.78, 5) is 0. The fraction of sp³-hybridized carbons (Fsp3) is 1.00. The second-order valence-corrected chi connectivity index (χ2v) is 5.32. The topological polar surface area (TPSA) is 6.48 Å². The fourth-order valence-corrected chi connectivity index (χ4v) is 0.693. The van der Waals surface area contributed by atoms with Crippen LogP contribution in [0, 0.1) is 0 Å². The van der Waals surface area contributed by atoms with Crippen molar-refractivity contribution in [1.29, 1.82) is 0 Å². The average Bonchev–Trinajstić information content (AvgIpc) is 1.61. The molecule has 2 nitrogen and oxygen atoms in total. The molecule has 0 aliphatic carbocycles. The van der Waals surface area contributed by atoms with Crippen molar-refractivity contribution in [1.82, 2.24) is 8.88 Å². The summed E-state index contributed by atoms with van der Waals surface area (Å²) in [5.41, 5.74) is 0. The molecule has 0 N–H and O–H groups in total. The fourth-order valence-electron chi connectivity index (χ4n) is 0.231. The molecule has 0 aliphatic rings. The Kier molecular flexibility index (Phi) is 6.54. The summed E-state index contributed by atoms with van der Waals surface area (Å²) in [5, 5.41) is 0. The van der Waals surface area contributed by atoms with E-state index in [4.69, 9.17) is 0 Å². The van der Waals surface area contributed by atoms with Gasteiger partial charge in [0.15, 0.2) is 0 Å². The highest BCUT2D eigenvalue weighted by molar-refractivity contribution is 7.31. The van der Waals surface area contributed by atoms with Gasteiger partial charge in [0.1, 0.15) is 0 Å². The Morgan fingerprint density at radius 1 is 0.750 bits per heavy atom. The normalized spacial score (nSPS) is 11.2. The molecule has 0 fully saturated rings. The minimum Gasteiger partial charge on any atom is -0.271 e. The van der Waals surface area contributed by atoms with Crippen LogP contribution in [0.25, 0.3) is 0 Å². The quantitative estimate of drug-likeness (QED) is 0.603. The van der Waals surface area contributed by atoms with E-state index < -0.39 is 0 Å². The summed E-state index contributed by atoms with van der Waals surface area (Å²) < 4.78 is 3.97. The van der Waals surface area contributed by atoms with E-state index in [1.165, 1.54) is 0 Å². The van der Waals surface area contributed by atoms with Gasteiger partial charge in [-0.15, -0.1) is 0 Å². The van der Waals surface area contributed by atoms with Gasteiger partial charge in [0.2, 0.25) is 0 Å². The second kappa shape index (κ2) is 5.43. The molecule has 8 heavy (non-hydrogen) atoms. The maximum Gasteiger partial charge on any atom is 0.0185 e. The summed E-state index contributed by atoms with van der Waals surface area (Å²) in [5.74, 6) is 0. The lowest BCUT2D eigenvalue weighted by atomic mass is 10.7. The van der Waals surface area contributed by atoms with Gasteiger partial charge in [0.05, 0.1) is 0 Å². The first kappa shape index (κ1) is 9.64. The van der Waals surface area contributed by atoms with Crippen LogP contribution in [0.1, 0.15) is 0 Å². The predicted octanol–water partition coefficient (Wildman–Crippen LogP) is 0.751. The molecule has 0 saturated heterocycles. The van der Waals surface area contributed by atoms with Crippen molar-refractivity contribution in [2.24, 2.45) is 0 Å². The Balaban J connectivity index is 2.93. The third-order valence-electron chi connectivity index (χ3n) is 0.616. The van der Waals surface area contributed by atoms with E-state index in [9.17, 15) is 0 Å². The third kappa shape index (κ3) is 7.64. The van der Waals surface area contributed by atoms with E-state index in [1.807, 2.05) is 8.88 Å². The number of hydrogen-bond donors (Lipinski definition) is 0. The number of nitrogens with zero attached hydrogens (tertiary/aromatic N) is 2. The highest BCUT2D eigenvalue weighted by atomic mass is 31.1. The Morgan fingerprint density at radius 3 is 1.12 bits per heavy atom. The molecular formula is C2H12N2P4. The smallest absolute Gasteiger partial charge is 0.0185 e. The SMILES string of the molecule is PN(P)CCN(P)P. The molecule has 0 heterocycles. The second-order valence-electron chi connectivity index (χ2n) is 1.48. The molecule has 4 unspecified atom stereocenters. The van der Waals surface area contributed by atoms with Crippen molar-refractivity contribution in [3.63, 3.8) is 0 Å². The van der Waals surface area contributed by atoms with Crippen LogP contribution in [0.5, 0.6) is 0 Å². The number of hydrogen-bond acceptors (Lipinski definition) is 2. The molecule has 0 rings (SSSR count). The molecule has 0 aromatic carbocycles. The number of rotatable bonds is 3. The molecule has 4 atom stereocenters. The van der Waals surface area contributed by atoms with Gasteiger partial charge in [-0.3, -0.25) is 8.88 Å². The van der Waals surface area contributed by atoms with Crippen molar-refractivity contribution in [3.8, 4) is 0 Å². The van der Waals surface area contributed by atoms with Crippen LogP contribution in [-0.2, 0) is 0 Å². The molecular weight excluding hydrogens is 176 g/mol. The predicted molar refractivity (Wildman–Crippen MR) is 52.3 cm³/mol. The molecule has 0 spiro atoms. The van der Waals surface area contributed by atoms with Crippen LogP contribution in [0.4, 0.5) is 0 Å². The van der Waals surface area contributed by atoms with Crippen LogP contribution in [0.3, 0.4) is 0 Å². The first-order chi connectivity index (χ1) is 3.63. The molecule has 0 aromatic heterocycles. The van der Waals surface area contributed by atoms with E-state index in [-0.39, 0.29) is 0 Å². The van der Waals surface area contributed by atoms with E-state index >= 15 is 0 Å². The minimum absolute atomic E-state index is 1.03. The first-order valence-electron chi connectivity index (χ1n) is 2.17.